The van der Waals surface area contributed by atoms with Gasteiger partial charge >= 0.3 is 6.09 Å². The average Bonchev–Trinajstić information content (AvgIpc) is 3.16. The van der Waals surface area contributed by atoms with Crippen molar-refractivity contribution < 1.29 is 14.3 Å². The number of allylic oxidation sites excluding steroid dienone is 1. The zero-order valence-electron chi connectivity index (χ0n) is 24.7. The first-order valence-electron chi connectivity index (χ1n) is 14.0. The first kappa shape index (κ1) is 29.7. The summed E-state index contributed by atoms with van der Waals surface area (Å²) in [6, 6.07) is 16.4. The van der Waals surface area contributed by atoms with Gasteiger partial charge in [0.05, 0.1) is 5.92 Å². The zero-order valence-corrected chi connectivity index (χ0v) is 24.7. The van der Waals surface area contributed by atoms with E-state index in [1.807, 2.05) is 45.0 Å². The predicted molar refractivity (Wildman–Crippen MR) is 159 cm³/mol. The van der Waals surface area contributed by atoms with Crippen LogP contribution in [0.5, 0.6) is 0 Å². The first-order chi connectivity index (χ1) is 19.4. The maximum Gasteiger partial charge on any atom is 0.407 e. The minimum Gasteiger partial charge on any atom is -0.444 e. The Morgan fingerprint density at radius 3 is 2.17 bits per heavy atom. The molecule has 4 rings (SSSR count). The van der Waals surface area contributed by atoms with Gasteiger partial charge in [-0.2, -0.15) is 9.97 Å². The van der Waals surface area contributed by atoms with Crippen LogP contribution in [0.25, 0.3) is 0 Å². The van der Waals surface area contributed by atoms with Gasteiger partial charge in [0.25, 0.3) is 0 Å². The Morgan fingerprint density at radius 2 is 1.56 bits per heavy atom. The molecule has 0 bridgehead atoms. The number of nitrogens with one attached hydrogen (secondary N) is 2. The largest absolute Gasteiger partial charge is 0.444 e. The molecule has 1 aromatic heterocycles. The van der Waals surface area contributed by atoms with Gasteiger partial charge in [-0.1, -0.05) is 60.7 Å². The number of likely N-dealkylation sites (tertiary alicyclic amines) is 1. The molecular weight excluding hydrogens is 516 g/mol. The molecule has 1 atom stereocenters. The maximum atomic E-state index is 12.7. The molecule has 1 saturated heterocycles. The minimum absolute atomic E-state index is 0.0485. The van der Waals surface area contributed by atoms with Gasteiger partial charge in [0.1, 0.15) is 17.2 Å². The molecule has 0 radical (unpaired) electrons. The number of alkyl carbamates (subject to hydrolysis) is 1. The van der Waals surface area contributed by atoms with Crippen molar-refractivity contribution in [2.45, 2.75) is 72.1 Å². The highest BCUT2D eigenvalue weighted by Crippen LogP contribution is 2.27. The highest BCUT2D eigenvalue weighted by molar-refractivity contribution is 5.83. The summed E-state index contributed by atoms with van der Waals surface area (Å²) >= 11 is 0. The maximum absolute atomic E-state index is 12.7. The Morgan fingerprint density at radius 1 is 0.951 bits per heavy atom. The number of anilines is 1. The molecule has 0 spiro atoms. The summed E-state index contributed by atoms with van der Waals surface area (Å²) in [4.78, 5) is 40.3. The second kappa shape index (κ2) is 12.9. The van der Waals surface area contributed by atoms with Gasteiger partial charge in [-0.25, -0.2) is 9.78 Å². The average molecular weight is 557 g/mol. The van der Waals surface area contributed by atoms with Gasteiger partial charge in [-0.15, -0.1) is 0 Å². The molecule has 2 aromatic carbocycles. The molecule has 9 heteroatoms. The molecule has 216 valence electrons. The molecule has 1 unspecified atom stereocenters. The number of ether oxygens (including phenoxy) is 1. The van der Waals surface area contributed by atoms with Crippen molar-refractivity contribution in [3.63, 3.8) is 0 Å². The molecule has 41 heavy (non-hydrogen) atoms. The van der Waals surface area contributed by atoms with Crippen molar-refractivity contribution in [3.05, 3.63) is 94.7 Å². The molecule has 9 nitrogen and oxygen atoms in total. The number of amides is 2. The van der Waals surface area contributed by atoms with Crippen LogP contribution in [-0.2, 0) is 41.9 Å². The Balaban J connectivity index is 1.41. The van der Waals surface area contributed by atoms with Crippen LogP contribution >= 0.6 is 0 Å². The monoisotopic (exact) mass is 556 g/mol. The molecule has 0 aliphatic carbocycles. The van der Waals surface area contributed by atoms with Gasteiger partial charge < -0.3 is 20.3 Å². The van der Waals surface area contributed by atoms with Gasteiger partial charge in [-0.05, 0) is 57.2 Å². The van der Waals surface area contributed by atoms with Crippen LogP contribution in [0.2, 0.25) is 0 Å². The minimum atomic E-state index is -0.535. The summed E-state index contributed by atoms with van der Waals surface area (Å²) in [6.45, 7) is 12.5. The van der Waals surface area contributed by atoms with Crippen LogP contribution in [0.15, 0.2) is 60.8 Å². The number of nitrogens with zero attached hydrogens (tertiary/aromatic N) is 4. The van der Waals surface area contributed by atoms with E-state index in [9.17, 15) is 9.59 Å². The van der Waals surface area contributed by atoms with Crippen LogP contribution in [0.1, 0.15) is 61.1 Å². The van der Waals surface area contributed by atoms with Crippen LogP contribution in [-0.4, -0.2) is 44.5 Å². The fraction of sp³-hybridized carbons (Fsp3) is 0.406. The molecule has 3 aromatic rings. The van der Waals surface area contributed by atoms with Gasteiger partial charge in [0, 0.05) is 38.7 Å². The van der Waals surface area contributed by atoms with Gasteiger partial charge in [0.2, 0.25) is 11.9 Å². The van der Waals surface area contributed by atoms with Gasteiger partial charge in [-0.3, -0.25) is 4.79 Å². The number of aromatic nitrogens is 3. The number of carbonyl (C=O) groups is 2. The summed E-state index contributed by atoms with van der Waals surface area (Å²) in [5.41, 5.74) is 4.73. The molecule has 2 heterocycles. The topological polar surface area (TPSA) is 109 Å². The third-order valence-corrected chi connectivity index (χ3v) is 6.86. The van der Waals surface area contributed by atoms with Crippen molar-refractivity contribution in [1.29, 1.82) is 0 Å². The van der Waals surface area contributed by atoms with E-state index in [1.54, 1.807) is 11.9 Å². The number of aryl methyl sites for hydroxylation is 3. The highest BCUT2D eigenvalue weighted by Gasteiger charge is 2.33. The summed E-state index contributed by atoms with van der Waals surface area (Å²) in [7, 11) is 1.76. The molecule has 2 amide bonds. The van der Waals surface area contributed by atoms with Crippen LogP contribution < -0.4 is 10.6 Å². The number of rotatable bonds is 10. The van der Waals surface area contributed by atoms with Crippen LogP contribution in [0.3, 0.4) is 0 Å². The van der Waals surface area contributed by atoms with E-state index in [1.165, 1.54) is 11.1 Å². The van der Waals surface area contributed by atoms with Crippen molar-refractivity contribution in [1.82, 2.24) is 25.2 Å². The van der Waals surface area contributed by atoms with E-state index in [0.29, 0.717) is 49.9 Å². The number of hydrogen-bond acceptors (Lipinski definition) is 7. The Bertz CT molecular complexity index is 1380. The fourth-order valence-electron chi connectivity index (χ4n) is 4.52. The first-order valence-corrected chi connectivity index (χ1v) is 14.0. The second-order valence-electron chi connectivity index (χ2n) is 11.6. The summed E-state index contributed by atoms with van der Waals surface area (Å²) < 4.78 is 5.29. The Labute approximate surface area is 242 Å². The zero-order chi connectivity index (χ0) is 29.6. The van der Waals surface area contributed by atoms with E-state index >= 15 is 0 Å². The summed E-state index contributed by atoms with van der Waals surface area (Å²) in [5, 5.41) is 6.11. The van der Waals surface area contributed by atoms with E-state index in [0.717, 1.165) is 23.2 Å². The van der Waals surface area contributed by atoms with Crippen molar-refractivity contribution >= 4 is 17.9 Å². The molecular formula is C32H40N6O3. The number of carbonyl (C=O) groups excluding carboxylic acids is 2. The molecule has 1 aliphatic rings. The lowest BCUT2D eigenvalue weighted by atomic mass is 10.0. The number of hydrogen-bond donors (Lipinski definition) is 2. The molecule has 2 N–H and O–H groups in total. The molecule has 0 saturated carbocycles. The highest BCUT2D eigenvalue weighted by atomic mass is 16.6. The SMILES string of the molecule is C=C1CC(Cc2nc(CCc3ccc(C)cc3)nc(NCc3ccc(CNC(=O)OC(C)(C)C)cc3)n2)C(=O)N1C. The molecule has 1 fully saturated rings. The third kappa shape index (κ3) is 8.86. The van der Waals surface area contributed by atoms with Crippen LogP contribution in [0, 0.1) is 12.8 Å². The van der Waals surface area contributed by atoms with Crippen molar-refractivity contribution in [3.8, 4) is 0 Å². The van der Waals surface area contributed by atoms with E-state index in [4.69, 9.17) is 14.7 Å². The van der Waals surface area contributed by atoms with Crippen molar-refractivity contribution in [2.24, 2.45) is 5.92 Å². The predicted octanol–water partition coefficient (Wildman–Crippen LogP) is 5.14. The standard InChI is InChI=1S/C32H40N6O3/c1-21-7-9-23(10-8-21)15-16-27-35-28(18-26-17-22(2)38(6)29(26)39)37-30(36-27)33-19-24-11-13-25(14-12-24)20-34-31(40)41-32(3,4)5/h7-14,26H,2,15-20H2,1,3-6H3,(H,34,40)(H,33,35,36,37). The van der Waals surface area contributed by atoms with E-state index < -0.39 is 11.7 Å². The summed E-state index contributed by atoms with van der Waals surface area (Å²) in [5.74, 6) is 1.62. The Kier molecular flexibility index (Phi) is 9.37. The second-order valence-corrected chi connectivity index (χ2v) is 11.6. The molecule has 1 aliphatic heterocycles. The number of benzene rings is 2. The van der Waals surface area contributed by atoms with E-state index in [2.05, 4.69) is 53.4 Å². The summed E-state index contributed by atoms with van der Waals surface area (Å²) in [6.07, 6.45) is 2.08. The lowest BCUT2D eigenvalue weighted by Gasteiger charge is -2.19. The Hall–Kier alpha value is -4.27. The van der Waals surface area contributed by atoms with Crippen molar-refractivity contribution in [2.75, 3.05) is 12.4 Å². The third-order valence-electron chi connectivity index (χ3n) is 6.86. The quantitative estimate of drug-likeness (QED) is 0.356. The smallest absolute Gasteiger partial charge is 0.407 e. The van der Waals surface area contributed by atoms with Gasteiger partial charge in [0.15, 0.2) is 0 Å². The van der Waals surface area contributed by atoms with Crippen LogP contribution in [0.4, 0.5) is 10.7 Å². The fourth-order valence-corrected chi connectivity index (χ4v) is 4.52. The normalized spacial score (nSPS) is 15.2. The van der Waals surface area contributed by atoms with E-state index in [-0.39, 0.29) is 11.8 Å². The lowest BCUT2D eigenvalue weighted by Crippen LogP contribution is -2.32. The lowest BCUT2D eigenvalue weighted by molar-refractivity contribution is -0.129.